The lowest BCUT2D eigenvalue weighted by atomic mass is 9.85. The van der Waals surface area contributed by atoms with Crippen LogP contribution in [0.2, 0.25) is 5.02 Å². The fraction of sp³-hybridized carbons (Fsp3) is 0.536. The summed E-state index contributed by atoms with van der Waals surface area (Å²) in [5.74, 6) is 0.286. The number of carbonyl (C=O) groups excluding carboxylic acids is 1. The summed E-state index contributed by atoms with van der Waals surface area (Å²) in [6.45, 7) is 5.13. The maximum Gasteiger partial charge on any atom is 0.241 e. The number of likely N-dealkylation sites (tertiary alicyclic amines) is 1. The maximum atomic E-state index is 12.9. The van der Waals surface area contributed by atoms with Crippen molar-refractivity contribution in [1.82, 2.24) is 15.1 Å². The van der Waals surface area contributed by atoms with Crippen molar-refractivity contribution in [3.8, 4) is 0 Å². The Kier molecular flexibility index (Phi) is 6.04. The smallest absolute Gasteiger partial charge is 0.241 e. The van der Waals surface area contributed by atoms with Gasteiger partial charge in [0.1, 0.15) is 5.54 Å². The SMILES string of the molecule is O=C1NC2CCCCN2C12CCN(CCCN1c3ccccc3CCc3ccc(Cl)cc31)CC2. The van der Waals surface area contributed by atoms with Crippen LogP contribution >= 0.6 is 11.6 Å². The molecule has 1 N–H and O–H groups in total. The minimum absolute atomic E-state index is 0.249. The van der Waals surface area contributed by atoms with Crippen molar-refractivity contribution >= 4 is 28.9 Å². The van der Waals surface area contributed by atoms with E-state index in [4.69, 9.17) is 11.6 Å². The van der Waals surface area contributed by atoms with Crippen molar-refractivity contribution in [3.63, 3.8) is 0 Å². The van der Waals surface area contributed by atoms with Crippen LogP contribution in [0.1, 0.15) is 49.7 Å². The summed E-state index contributed by atoms with van der Waals surface area (Å²) in [5.41, 5.74) is 5.12. The van der Waals surface area contributed by atoms with E-state index >= 15 is 0 Å². The maximum absolute atomic E-state index is 12.9. The molecular weight excluding hydrogens is 444 g/mol. The molecule has 3 fully saturated rings. The number of piperidine rings is 2. The Morgan fingerprint density at radius 3 is 2.59 bits per heavy atom. The summed E-state index contributed by atoms with van der Waals surface area (Å²) in [7, 11) is 0. The predicted octanol–water partition coefficient (Wildman–Crippen LogP) is 4.74. The zero-order valence-electron chi connectivity index (χ0n) is 19.9. The van der Waals surface area contributed by atoms with E-state index in [1.807, 2.05) is 6.07 Å². The second-order valence-electron chi connectivity index (χ2n) is 10.5. The normalized spacial score (nSPS) is 24.3. The van der Waals surface area contributed by atoms with Crippen molar-refractivity contribution in [2.24, 2.45) is 0 Å². The van der Waals surface area contributed by atoms with E-state index in [1.165, 1.54) is 35.3 Å². The topological polar surface area (TPSA) is 38.8 Å². The first-order valence-corrected chi connectivity index (χ1v) is 13.5. The fourth-order valence-electron chi connectivity index (χ4n) is 6.75. The number of fused-ring (bicyclic) bond motifs is 4. The monoisotopic (exact) mass is 478 g/mol. The van der Waals surface area contributed by atoms with Crippen LogP contribution in [0.3, 0.4) is 0 Å². The Labute approximate surface area is 208 Å². The molecular formula is C28H35ClN4O. The molecule has 5 nitrogen and oxygen atoms in total. The fourth-order valence-corrected chi connectivity index (χ4v) is 6.91. The number of aryl methyl sites for hydroxylation is 2. The van der Waals surface area contributed by atoms with Gasteiger partial charge >= 0.3 is 0 Å². The summed E-state index contributed by atoms with van der Waals surface area (Å²) < 4.78 is 0. The Morgan fingerprint density at radius 1 is 0.941 bits per heavy atom. The molecule has 180 valence electrons. The number of rotatable bonds is 4. The lowest BCUT2D eigenvalue weighted by Gasteiger charge is -2.45. The summed E-state index contributed by atoms with van der Waals surface area (Å²) in [6, 6.07) is 15.2. The Bertz CT molecular complexity index is 1060. The van der Waals surface area contributed by atoms with Gasteiger partial charge in [-0.15, -0.1) is 0 Å². The lowest BCUT2D eigenvalue weighted by Crippen LogP contribution is -2.58. The van der Waals surface area contributed by atoms with Crippen LogP contribution in [0.15, 0.2) is 42.5 Å². The van der Waals surface area contributed by atoms with E-state index < -0.39 is 0 Å². The van der Waals surface area contributed by atoms with Gasteiger partial charge in [0.2, 0.25) is 5.91 Å². The van der Waals surface area contributed by atoms with Gasteiger partial charge in [-0.2, -0.15) is 0 Å². The second-order valence-corrected chi connectivity index (χ2v) is 10.9. The second kappa shape index (κ2) is 9.18. The molecule has 3 saturated heterocycles. The molecule has 6 heteroatoms. The highest BCUT2D eigenvalue weighted by Crippen LogP contribution is 2.39. The number of benzene rings is 2. The van der Waals surface area contributed by atoms with E-state index in [2.05, 4.69) is 56.4 Å². The molecule has 1 atom stereocenters. The van der Waals surface area contributed by atoms with Crippen molar-refractivity contribution in [3.05, 3.63) is 58.6 Å². The molecule has 2 aromatic carbocycles. The molecule has 0 bridgehead atoms. The summed E-state index contributed by atoms with van der Waals surface area (Å²) >= 11 is 6.43. The molecule has 0 aliphatic carbocycles. The third kappa shape index (κ3) is 3.92. The van der Waals surface area contributed by atoms with Crippen LogP contribution in [0.5, 0.6) is 0 Å². The Hall–Kier alpha value is -2.08. The molecule has 34 heavy (non-hydrogen) atoms. The van der Waals surface area contributed by atoms with Gasteiger partial charge in [-0.25, -0.2) is 0 Å². The third-order valence-corrected chi connectivity index (χ3v) is 8.83. The van der Waals surface area contributed by atoms with Crippen molar-refractivity contribution < 1.29 is 4.79 Å². The van der Waals surface area contributed by atoms with Crippen LogP contribution in [-0.4, -0.2) is 60.1 Å². The van der Waals surface area contributed by atoms with Crippen molar-refractivity contribution in [2.45, 2.75) is 63.1 Å². The molecule has 1 spiro atoms. The quantitative estimate of drug-likeness (QED) is 0.688. The van der Waals surface area contributed by atoms with Crippen LogP contribution < -0.4 is 10.2 Å². The van der Waals surface area contributed by atoms with Crippen LogP contribution in [0.4, 0.5) is 11.4 Å². The average molecular weight is 479 g/mol. The molecule has 4 heterocycles. The number of hydrogen-bond donors (Lipinski definition) is 1. The predicted molar refractivity (Wildman–Crippen MR) is 138 cm³/mol. The minimum atomic E-state index is -0.249. The first-order chi connectivity index (χ1) is 16.6. The number of para-hydroxylation sites is 1. The number of halogens is 1. The molecule has 4 aliphatic rings. The standard InChI is InChI=1S/C28H35ClN4O/c29-23-12-11-22-10-9-21-6-1-2-7-24(21)32(25(22)20-23)16-5-15-31-18-13-28(14-19-31)27(34)30-26-8-3-4-17-33(26)28/h1-2,6-7,11-12,20,26H,3-5,8-10,13-19H2,(H,30,34). The third-order valence-electron chi connectivity index (χ3n) is 8.60. The largest absolute Gasteiger partial charge is 0.341 e. The number of hydrogen-bond acceptors (Lipinski definition) is 4. The van der Waals surface area contributed by atoms with Gasteiger partial charge in [0.25, 0.3) is 0 Å². The van der Waals surface area contributed by atoms with E-state index in [-0.39, 0.29) is 17.6 Å². The number of amides is 1. The molecule has 4 aliphatic heterocycles. The summed E-state index contributed by atoms with van der Waals surface area (Å²) in [4.78, 5) is 20.5. The summed E-state index contributed by atoms with van der Waals surface area (Å²) in [6.07, 6.45) is 8.97. The molecule has 2 aromatic rings. The first kappa shape index (κ1) is 22.4. The van der Waals surface area contributed by atoms with Gasteiger partial charge in [0.05, 0.1) is 6.17 Å². The number of nitrogens with zero attached hydrogens (tertiary/aromatic N) is 3. The number of carbonyl (C=O) groups is 1. The highest BCUT2D eigenvalue weighted by molar-refractivity contribution is 6.30. The van der Waals surface area contributed by atoms with Crippen molar-refractivity contribution in [1.29, 1.82) is 0 Å². The molecule has 0 aromatic heterocycles. The molecule has 0 radical (unpaired) electrons. The minimum Gasteiger partial charge on any atom is -0.341 e. The summed E-state index contributed by atoms with van der Waals surface area (Å²) in [5, 5.41) is 4.10. The van der Waals surface area contributed by atoms with E-state index in [1.54, 1.807) is 0 Å². The molecule has 0 saturated carbocycles. The van der Waals surface area contributed by atoms with E-state index in [0.717, 1.165) is 76.3 Å². The van der Waals surface area contributed by atoms with Gasteiger partial charge in [0.15, 0.2) is 0 Å². The van der Waals surface area contributed by atoms with Gasteiger partial charge in [-0.05, 0) is 87.2 Å². The van der Waals surface area contributed by atoms with E-state index in [9.17, 15) is 4.79 Å². The number of nitrogens with one attached hydrogen (secondary N) is 1. The van der Waals surface area contributed by atoms with Crippen LogP contribution in [0, 0.1) is 0 Å². The van der Waals surface area contributed by atoms with Gasteiger partial charge in [-0.3, -0.25) is 9.69 Å². The lowest BCUT2D eigenvalue weighted by molar-refractivity contribution is -0.129. The molecule has 6 rings (SSSR count). The zero-order valence-corrected chi connectivity index (χ0v) is 20.7. The van der Waals surface area contributed by atoms with Gasteiger partial charge < -0.3 is 15.1 Å². The van der Waals surface area contributed by atoms with Gasteiger partial charge in [-0.1, -0.05) is 35.9 Å². The highest BCUT2D eigenvalue weighted by atomic mass is 35.5. The molecule has 1 unspecified atom stereocenters. The number of anilines is 2. The van der Waals surface area contributed by atoms with Crippen LogP contribution in [0.25, 0.3) is 0 Å². The van der Waals surface area contributed by atoms with Crippen LogP contribution in [-0.2, 0) is 17.6 Å². The average Bonchev–Trinajstić information content (AvgIpc) is 3.03. The van der Waals surface area contributed by atoms with E-state index in [0.29, 0.717) is 0 Å². The first-order valence-electron chi connectivity index (χ1n) is 13.1. The Balaban J connectivity index is 1.12. The molecule has 1 amide bonds. The zero-order chi connectivity index (χ0) is 23.1. The Morgan fingerprint density at radius 2 is 1.74 bits per heavy atom. The van der Waals surface area contributed by atoms with Gasteiger partial charge in [0, 0.05) is 42.6 Å². The highest BCUT2D eigenvalue weighted by Gasteiger charge is 2.54. The van der Waals surface area contributed by atoms with Crippen molar-refractivity contribution in [2.75, 3.05) is 37.6 Å².